The summed E-state index contributed by atoms with van der Waals surface area (Å²) in [7, 11) is 0. The molecule has 1 aliphatic heterocycles. The van der Waals surface area contributed by atoms with Crippen molar-refractivity contribution in [1.29, 1.82) is 5.26 Å². The van der Waals surface area contributed by atoms with Gasteiger partial charge in [0, 0.05) is 18.5 Å². The van der Waals surface area contributed by atoms with Gasteiger partial charge in [-0.3, -0.25) is 4.79 Å². The van der Waals surface area contributed by atoms with Gasteiger partial charge in [0.25, 0.3) is 5.91 Å². The van der Waals surface area contributed by atoms with E-state index in [1.54, 1.807) is 24.3 Å². The van der Waals surface area contributed by atoms with Crippen molar-refractivity contribution in [2.45, 2.75) is 26.1 Å². The Bertz CT molecular complexity index is 545. The smallest absolute Gasteiger partial charge is 0.251 e. The Balaban J connectivity index is 1.84. The molecule has 5 heteroatoms. The molecule has 2 rings (SSSR count). The SMILES string of the molecule is CC(CNC(=O)c1cccc(C#N)c1)CC1(C)OCCO1. The molecule has 0 aliphatic carbocycles. The fourth-order valence-corrected chi connectivity index (χ4v) is 2.48. The second kappa shape index (κ2) is 6.70. The van der Waals surface area contributed by atoms with Crippen LogP contribution in [0.3, 0.4) is 0 Å². The van der Waals surface area contributed by atoms with E-state index >= 15 is 0 Å². The molecule has 1 aromatic rings. The standard InChI is InChI=1S/C16H20N2O3/c1-12(9-16(2)20-6-7-21-16)11-18-15(19)14-5-3-4-13(8-14)10-17/h3-5,8,12H,6-7,9,11H2,1-2H3,(H,18,19). The Kier molecular flexibility index (Phi) is 4.94. The molecule has 21 heavy (non-hydrogen) atoms. The molecule has 0 saturated carbocycles. The van der Waals surface area contributed by atoms with E-state index in [0.717, 1.165) is 6.42 Å². The van der Waals surface area contributed by atoms with Crippen LogP contribution in [0.5, 0.6) is 0 Å². The molecule has 1 aliphatic rings. The number of nitrogens with one attached hydrogen (secondary N) is 1. The van der Waals surface area contributed by atoms with Crippen molar-refractivity contribution in [3.8, 4) is 6.07 Å². The van der Waals surface area contributed by atoms with Crippen LogP contribution >= 0.6 is 0 Å². The molecule has 1 saturated heterocycles. The molecule has 0 aromatic heterocycles. The van der Waals surface area contributed by atoms with Gasteiger partial charge < -0.3 is 14.8 Å². The molecule has 1 N–H and O–H groups in total. The van der Waals surface area contributed by atoms with Crippen LogP contribution in [0.25, 0.3) is 0 Å². The van der Waals surface area contributed by atoms with Crippen molar-refractivity contribution in [3.05, 3.63) is 35.4 Å². The molecule has 1 heterocycles. The first-order chi connectivity index (χ1) is 10.0. The number of rotatable bonds is 5. The summed E-state index contributed by atoms with van der Waals surface area (Å²) in [4.78, 5) is 12.1. The molecular formula is C16H20N2O3. The lowest BCUT2D eigenvalue weighted by Gasteiger charge is -2.26. The third kappa shape index (κ3) is 4.28. The summed E-state index contributed by atoms with van der Waals surface area (Å²) >= 11 is 0. The summed E-state index contributed by atoms with van der Waals surface area (Å²) in [5.41, 5.74) is 0.983. The maximum absolute atomic E-state index is 12.1. The summed E-state index contributed by atoms with van der Waals surface area (Å²) < 4.78 is 11.1. The monoisotopic (exact) mass is 288 g/mol. The van der Waals surface area contributed by atoms with E-state index in [1.165, 1.54) is 0 Å². The van der Waals surface area contributed by atoms with Crippen molar-refractivity contribution in [2.24, 2.45) is 5.92 Å². The van der Waals surface area contributed by atoms with Crippen molar-refractivity contribution in [1.82, 2.24) is 5.32 Å². The number of nitrogens with zero attached hydrogens (tertiary/aromatic N) is 1. The minimum Gasteiger partial charge on any atom is -0.352 e. The third-order valence-electron chi connectivity index (χ3n) is 3.48. The van der Waals surface area contributed by atoms with Gasteiger partial charge in [0.1, 0.15) is 0 Å². The fourth-order valence-electron chi connectivity index (χ4n) is 2.48. The highest BCUT2D eigenvalue weighted by Crippen LogP contribution is 2.26. The lowest BCUT2D eigenvalue weighted by atomic mass is 10.0. The molecule has 1 fully saturated rings. The summed E-state index contributed by atoms with van der Waals surface area (Å²) in [5, 5.41) is 11.7. The van der Waals surface area contributed by atoms with E-state index < -0.39 is 5.79 Å². The highest BCUT2D eigenvalue weighted by molar-refractivity contribution is 5.94. The average molecular weight is 288 g/mol. The van der Waals surface area contributed by atoms with E-state index in [-0.39, 0.29) is 11.8 Å². The van der Waals surface area contributed by atoms with Crippen LogP contribution in [0.1, 0.15) is 36.2 Å². The quantitative estimate of drug-likeness (QED) is 0.900. The van der Waals surface area contributed by atoms with E-state index in [2.05, 4.69) is 5.32 Å². The zero-order chi connectivity index (χ0) is 15.3. The molecular weight excluding hydrogens is 268 g/mol. The molecule has 1 atom stereocenters. The highest BCUT2D eigenvalue weighted by atomic mass is 16.7. The maximum Gasteiger partial charge on any atom is 0.251 e. The first kappa shape index (κ1) is 15.5. The van der Waals surface area contributed by atoms with Crippen molar-refractivity contribution in [3.63, 3.8) is 0 Å². The molecule has 1 aromatic carbocycles. The van der Waals surface area contributed by atoms with Gasteiger partial charge in [0.2, 0.25) is 0 Å². The number of hydrogen-bond donors (Lipinski definition) is 1. The van der Waals surface area contributed by atoms with Crippen LogP contribution < -0.4 is 5.32 Å². The third-order valence-corrected chi connectivity index (χ3v) is 3.48. The molecule has 0 radical (unpaired) electrons. The largest absolute Gasteiger partial charge is 0.352 e. The van der Waals surface area contributed by atoms with Gasteiger partial charge in [0.15, 0.2) is 5.79 Å². The van der Waals surface area contributed by atoms with Crippen LogP contribution in [0.4, 0.5) is 0 Å². The molecule has 0 spiro atoms. The van der Waals surface area contributed by atoms with Crippen molar-refractivity contribution >= 4 is 5.91 Å². The Hall–Kier alpha value is -1.90. The van der Waals surface area contributed by atoms with Crippen molar-refractivity contribution in [2.75, 3.05) is 19.8 Å². The van der Waals surface area contributed by atoms with E-state index in [0.29, 0.717) is 30.9 Å². The van der Waals surface area contributed by atoms with Gasteiger partial charge >= 0.3 is 0 Å². The Morgan fingerprint density at radius 3 is 2.86 bits per heavy atom. The fraction of sp³-hybridized carbons (Fsp3) is 0.500. The first-order valence-corrected chi connectivity index (χ1v) is 7.09. The van der Waals surface area contributed by atoms with E-state index in [4.69, 9.17) is 14.7 Å². The Labute approximate surface area is 124 Å². The number of carbonyl (C=O) groups excluding carboxylic acids is 1. The summed E-state index contributed by atoms with van der Waals surface area (Å²) in [6.07, 6.45) is 0.728. The van der Waals surface area contributed by atoms with Crippen molar-refractivity contribution < 1.29 is 14.3 Å². The number of ether oxygens (including phenoxy) is 2. The number of hydrogen-bond acceptors (Lipinski definition) is 4. The summed E-state index contributed by atoms with van der Waals surface area (Å²) in [6, 6.07) is 8.70. The Morgan fingerprint density at radius 1 is 1.48 bits per heavy atom. The van der Waals surface area contributed by atoms with Crippen LogP contribution in [-0.4, -0.2) is 31.5 Å². The number of carbonyl (C=O) groups is 1. The van der Waals surface area contributed by atoms with Gasteiger partial charge in [-0.2, -0.15) is 5.26 Å². The summed E-state index contributed by atoms with van der Waals surface area (Å²) in [6.45, 7) is 5.75. The molecule has 112 valence electrons. The minimum absolute atomic E-state index is 0.169. The number of amides is 1. The minimum atomic E-state index is -0.537. The average Bonchev–Trinajstić information content (AvgIpc) is 2.91. The zero-order valence-electron chi connectivity index (χ0n) is 12.4. The topological polar surface area (TPSA) is 71.4 Å². The van der Waals surface area contributed by atoms with Gasteiger partial charge in [-0.1, -0.05) is 13.0 Å². The van der Waals surface area contributed by atoms with Gasteiger partial charge in [-0.15, -0.1) is 0 Å². The summed E-state index contributed by atoms with van der Waals surface area (Å²) in [5.74, 6) is -0.473. The zero-order valence-corrected chi connectivity index (χ0v) is 12.4. The molecule has 5 nitrogen and oxygen atoms in total. The molecule has 1 unspecified atom stereocenters. The predicted octanol–water partition coefficient (Wildman–Crippen LogP) is 2.08. The Morgan fingerprint density at radius 2 is 2.19 bits per heavy atom. The van der Waals surface area contributed by atoms with Crippen LogP contribution in [-0.2, 0) is 9.47 Å². The second-order valence-corrected chi connectivity index (χ2v) is 5.54. The normalized spacial score (nSPS) is 18.0. The maximum atomic E-state index is 12.1. The van der Waals surface area contributed by atoms with Gasteiger partial charge in [-0.25, -0.2) is 0 Å². The lowest BCUT2D eigenvalue weighted by molar-refractivity contribution is -0.153. The van der Waals surface area contributed by atoms with Crippen LogP contribution in [0.15, 0.2) is 24.3 Å². The lowest BCUT2D eigenvalue weighted by Crippen LogP contribution is -2.34. The molecule has 1 amide bonds. The van der Waals surface area contributed by atoms with Gasteiger partial charge in [-0.05, 0) is 31.0 Å². The van der Waals surface area contributed by atoms with E-state index in [9.17, 15) is 4.79 Å². The molecule has 0 bridgehead atoms. The van der Waals surface area contributed by atoms with Crippen LogP contribution in [0, 0.1) is 17.2 Å². The van der Waals surface area contributed by atoms with Gasteiger partial charge in [0.05, 0.1) is 24.8 Å². The second-order valence-electron chi connectivity index (χ2n) is 5.54. The van der Waals surface area contributed by atoms with Crippen LogP contribution in [0.2, 0.25) is 0 Å². The number of nitriles is 1. The highest BCUT2D eigenvalue weighted by Gasteiger charge is 2.32. The predicted molar refractivity (Wildman–Crippen MR) is 77.6 cm³/mol. The number of benzene rings is 1. The first-order valence-electron chi connectivity index (χ1n) is 7.09. The van der Waals surface area contributed by atoms with E-state index in [1.807, 2.05) is 19.9 Å².